The van der Waals surface area contributed by atoms with Crippen molar-refractivity contribution in [3.8, 4) is 5.19 Å². The van der Waals surface area contributed by atoms with E-state index in [4.69, 9.17) is 10.5 Å². The fraction of sp³-hybridized carbons (Fsp3) is 0.500. The Morgan fingerprint density at radius 3 is 2.93 bits per heavy atom. The molecule has 14 heavy (non-hydrogen) atoms. The molecule has 1 aromatic rings. The Hall–Kier alpha value is -1.17. The predicted octanol–water partition coefficient (Wildman–Crippen LogP) is 1.56. The van der Waals surface area contributed by atoms with Gasteiger partial charge in [-0.25, -0.2) is 4.39 Å². The molecule has 1 aliphatic carbocycles. The van der Waals surface area contributed by atoms with Gasteiger partial charge in [-0.2, -0.15) is 0 Å². The van der Waals surface area contributed by atoms with Gasteiger partial charge in [0.05, 0.1) is 0 Å². The molecular formula is C8H10FN3OS. The minimum atomic E-state index is -0.784. The van der Waals surface area contributed by atoms with Crippen LogP contribution < -0.4 is 10.5 Å². The Balaban J connectivity index is 1.90. The van der Waals surface area contributed by atoms with Gasteiger partial charge < -0.3 is 10.5 Å². The molecule has 0 saturated heterocycles. The van der Waals surface area contributed by atoms with E-state index in [2.05, 4.69) is 10.2 Å². The summed E-state index contributed by atoms with van der Waals surface area (Å²) in [4.78, 5) is 0. The Morgan fingerprint density at radius 1 is 1.64 bits per heavy atom. The van der Waals surface area contributed by atoms with Crippen LogP contribution in [0.4, 0.5) is 9.52 Å². The molecule has 2 rings (SSSR count). The lowest BCUT2D eigenvalue weighted by Crippen LogP contribution is -2.21. The molecule has 4 nitrogen and oxygen atoms in total. The molecule has 0 aliphatic heterocycles. The fourth-order valence-electron chi connectivity index (χ4n) is 1.22. The zero-order valence-corrected chi connectivity index (χ0v) is 8.47. The first-order valence-corrected chi connectivity index (χ1v) is 5.03. The Kier molecular flexibility index (Phi) is 2.37. The van der Waals surface area contributed by atoms with Crippen molar-refractivity contribution in [3.05, 3.63) is 11.1 Å². The lowest BCUT2D eigenvalue weighted by atomic mass is 9.88. The number of anilines is 1. The molecule has 1 heterocycles. The molecule has 0 radical (unpaired) electrons. The molecule has 0 saturated carbocycles. The van der Waals surface area contributed by atoms with Crippen molar-refractivity contribution < 1.29 is 9.13 Å². The van der Waals surface area contributed by atoms with Crippen molar-refractivity contribution in [1.82, 2.24) is 10.2 Å². The predicted molar refractivity (Wildman–Crippen MR) is 52.0 cm³/mol. The summed E-state index contributed by atoms with van der Waals surface area (Å²) in [6.45, 7) is 2.17. The van der Waals surface area contributed by atoms with E-state index in [1.807, 2.05) is 0 Å². The SMILES string of the molecule is CC1=C(COc2nnc(N)s2)CC1F. The first-order chi connectivity index (χ1) is 6.66. The van der Waals surface area contributed by atoms with E-state index in [9.17, 15) is 4.39 Å². The van der Waals surface area contributed by atoms with Gasteiger partial charge >= 0.3 is 0 Å². The Bertz CT molecular complexity index is 376. The number of alkyl halides is 1. The van der Waals surface area contributed by atoms with Crippen LogP contribution in [-0.4, -0.2) is 23.0 Å². The number of rotatable bonds is 3. The van der Waals surface area contributed by atoms with E-state index in [0.717, 1.165) is 11.1 Å². The van der Waals surface area contributed by atoms with Gasteiger partial charge in [0.15, 0.2) is 0 Å². The van der Waals surface area contributed by atoms with Crippen LogP contribution in [0, 0.1) is 0 Å². The van der Waals surface area contributed by atoms with E-state index in [1.54, 1.807) is 6.92 Å². The number of hydrogen-bond donors (Lipinski definition) is 1. The second-order valence-electron chi connectivity index (χ2n) is 3.15. The van der Waals surface area contributed by atoms with Crippen molar-refractivity contribution in [3.63, 3.8) is 0 Å². The summed E-state index contributed by atoms with van der Waals surface area (Å²) < 4.78 is 18.0. The van der Waals surface area contributed by atoms with Gasteiger partial charge in [-0.15, -0.1) is 5.10 Å². The average molecular weight is 215 g/mol. The monoisotopic (exact) mass is 215 g/mol. The molecule has 76 valence electrons. The van der Waals surface area contributed by atoms with Gasteiger partial charge in [0.1, 0.15) is 12.8 Å². The maximum absolute atomic E-state index is 12.7. The van der Waals surface area contributed by atoms with Crippen LogP contribution in [0.3, 0.4) is 0 Å². The highest BCUT2D eigenvalue weighted by atomic mass is 32.1. The molecule has 2 N–H and O–H groups in total. The third-order valence-electron chi connectivity index (χ3n) is 2.25. The molecule has 1 aliphatic rings. The van der Waals surface area contributed by atoms with E-state index in [0.29, 0.717) is 23.4 Å². The summed E-state index contributed by atoms with van der Waals surface area (Å²) in [5.74, 6) is 0. The third kappa shape index (κ3) is 1.70. The highest BCUT2D eigenvalue weighted by Gasteiger charge is 2.25. The first kappa shape index (κ1) is 9.39. The topological polar surface area (TPSA) is 61.0 Å². The number of nitrogens with zero attached hydrogens (tertiary/aromatic N) is 2. The Labute approximate surface area is 84.6 Å². The first-order valence-electron chi connectivity index (χ1n) is 4.21. The molecule has 0 fully saturated rings. The van der Waals surface area contributed by atoms with E-state index >= 15 is 0 Å². The maximum Gasteiger partial charge on any atom is 0.296 e. The lowest BCUT2D eigenvalue weighted by Gasteiger charge is -2.24. The van der Waals surface area contributed by atoms with Crippen LogP contribution in [0.5, 0.6) is 5.19 Å². The minimum Gasteiger partial charge on any atom is -0.464 e. The third-order valence-corrected chi connectivity index (χ3v) is 2.91. The van der Waals surface area contributed by atoms with E-state index < -0.39 is 6.17 Å². The minimum absolute atomic E-state index is 0.377. The molecule has 0 aromatic carbocycles. The van der Waals surface area contributed by atoms with Crippen molar-refractivity contribution in [2.75, 3.05) is 12.3 Å². The number of nitrogens with two attached hydrogens (primary N) is 1. The second-order valence-corrected chi connectivity index (χ2v) is 4.12. The average Bonchev–Trinajstić information content (AvgIpc) is 2.58. The van der Waals surface area contributed by atoms with Crippen LogP contribution in [0.15, 0.2) is 11.1 Å². The second kappa shape index (κ2) is 3.53. The van der Waals surface area contributed by atoms with Crippen LogP contribution in [0.1, 0.15) is 13.3 Å². The zero-order chi connectivity index (χ0) is 10.1. The fourth-order valence-corrected chi connectivity index (χ4v) is 1.68. The number of hydrogen-bond acceptors (Lipinski definition) is 5. The zero-order valence-electron chi connectivity index (χ0n) is 7.66. The largest absolute Gasteiger partial charge is 0.464 e. The molecule has 1 aromatic heterocycles. The highest BCUT2D eigenvalue weighted by Crippen LogP contribution is 2.31. The molecule has 1 unspecified atom stereocenters. The summed E-state index contributed by atoms with van der Waals surface area (Å²) in [5.41, 5.74) is 7.16. The van der Waals surface area contributed by atoms with Crippen LogP contribution in [0.25, 0.3) is 0 Å². The molecule has 0 spiro atoms. The van der Waals surface area contributed by atoms with Gasteiger partial charge in [-0.3, -0.25) is 0 Å². The van der Waals surface area contributed by atoms with Gasteiger partial charge in [-0.1, -0.05) is 5.10 Å². The van der Waals surface area contributed by atoms with Gasteiger partial charge in [0.25, 0.3) is 5.19 Å². The highest BCUT2D eigenvalue weighted by molar-refractivity contribution is 7.16. The number of ether oxygens (including phenoxy) is 1. The van der Waals surface area contributed by atoms with Crippen LogP contribution >= 0.6 is 11.3 Å². The lowest BCUT2D eigenvalue weighted by molar-refractivity contribution is 0.286. The van der Waals surface area contributed by atoms with Gasteiger partial charge in [-0.05, 0) is 29.4 Å². The maximum atomic E-state index is 12.7. The molecule has 1 atom stereocenters. The Morgan fingerprint density at radius 2 is 2.43 bits per heavy atom. The van der Waals surface area contributed by atoms with Crippen LogP contribution in [0.2, 0.25) is 0 Å². The van der Waals surface area contributed by atoms with Gasteiger partial charge in [0.2, 0.25) is 5.13 Å². The molecular weight excluding hydrogens is 205 g/mol. The number of halogens is 1. The summed E-state index contributed by atoms with van der Waals surface area (Å²) in [6, 6.07) is 0. The summed E-state index contributed by atoms with van der Waals surface area (Å²) in [7, 11) is 0. The van der Waals surface area contributed by atoms with Crippen LogP contribution in [-0.2, 0) is 0 Å². The summed E-state index contributed by atoms with van der Waals surface area (Å²) >= 11 is 1.18. The quantitative estimate of drug-likeness (QED) is 0.777. The van der Waals surface area contributed by atoms with E-state index in [-0.39, 0.29) is 0 Å². The standard InChI is InChI=1S/C8H10FN3OS/c1-4-5(2-6(4)9)3-13-8-12-11-7(10)14-8/h6H,2-3H2,1H3,(H2,10,11). The van der Waals surface area contributed by atoms with Crippen molar-refractivity contribution in [1.29, 1.82) is 0 Å². The van der Waals surface area contributed by atoms with Crippen molar-refractivity contribution in [2.45, 2.75) is 19.5 Å². The molecule has 0 bridgehead atoms. The molecule has 0 amide bonds. The summed E-state index contributed by atoms with van der Waals surface area (Å²) in [6.07, 6.45) is -0.312. The number of allylic oxidation sites excluding steroid dienone is 1. The number of aromatic nitrogens is 2. The normalized spacial score (nSPS) is 20.9. The van der Waals surface area contributed by atoms with Gasteiger partial charge in [0, 0.05) is 6.42 Å². The van der Waals surface area contributed by atoms with Crippen molar-refractivity contribution >= 4 is 16.5 Å². The smallest absolute Gasteiger partial charge is 0.296 e. The molecule has 6 heteroatoms. The van der Waals surface area contributed by atoms with Crippen molar-refractivity contribution in [2.24, 2.45) is 0 Å². The van der Waals surface area contributed by atoms with E-state index in [1.165, 1.54) is 11.3 Å². The summed E-state index contributed by atoms with van der Waals surface area (Å²) in [5, 5.41) is 8.11. The number of nitrogen functional groups attached to an aromatic ring is 1.